The average Bonchev–Trinajstić information content (AvgIpc) is 3.09. The van der Waals surface area contributed by atoms with E-state index in [1.165, 1.54) is 6.33 Å². The number of furan rings is 1. The molecule has 0 aliphatic heterocycles. The molecule has 0 bridgehead atoms. The summed E-state index contributed by atoms with van der Waals surface area (Å²) in [5, 5.41) is 9.21. The zero-order valence-electron chi connectivity index (χ0n) is 16.5. The van der Waals surface area contributed by atoms with Crippen LogP contribution in [0.5, 0.6) is 0 Å². The van der Waals surface area contributed by atoms with Crippen LogP contribution in [-0.4, -0.2) is 20.9 Å². The smallest absolute Gasteiger partial charge is 0.259 e. The zero-order chi connectivity index (χ0) is 20.9. The molecule has 0 spiro atoms. The molecule has 0 aliphatic rings. The number of carbonyl (C=O) groups excluding carboxylic acids is 1. The number of nitrogens with one attached hydrogen (secondary N) is 3. The molecule has 0 radical (unpaired) electrons. The molecular weight excluding hydrogens is 380 g/mol. The van der Waals surface area contributed by atoms with Crippen molar-refractivity contribution in [1.29, 1.82) is 0 Å². The Morgan fingerprint density at radius 3 is 2.23 bits per heavy atom. The molecular formula is C22H20N6O2. The van der Waals surface area contributed by atoms with Crippen LogP contribution < -0.4 is 16.0 Å². The van der Waals surface area contributed by atoms with Crippen molar-refractivity contribution in [3.05, 3.63) is 84.2 Å². The Balaban J connectivity index is 1.40. The Kier molecular flexibility index (Phi) is 5.38. The van der Waals surface area contributed by atoms with Gasteiger partial charge in [0.1, 0.15) is 35.3 Å². The molecule has 0 atom stereocenters. The molecule has 3 heterocycles. The van der Waals surface area contributed by atoms with Crippen molar-refractivity contribution in [1.82, 2.24) is 15.0 Å². The third-order valence-electron chi connectivity index (χ3n) is 4.29. The predicted octanol–water partition coefficient (Wildman–Crippen LogP) is 4.82. The number of aromatic nitrogens is 3. The SMILES string of the molecule is Cc1cc(C(=O)Nc2ccc(Nc3cc(Nc4ccccn4)ncn3)cc2)c(C)o1. The van der Waals surface area contributed by atoms with E-state index in [-0.39, 0.29) is 5.91 Å². The summed E-state index contributed by atoms with van der Waals surface area (Å²) in [6.45, 7) is 3.59. The Labute approximate surface area is 173 Å². The number of rotatable bonds is 6. The fraction of sp³-hybridized carbons (Fsp3) is 0.0909. The van der Waals surface area contributed by atoms with Gasteiger partial charge in [0.05, 0.1) is 5.56 Å². The number of hydrogen-bond acceptors (Lipinski definition) is 7. The summed E-state index contributed by atoms with van der Waals surface area (Å²) in [5.41, 5.74) is 2.04. The number of carbonyl (C=O) groups is 1. The number of nitrogens with zero attached hydrogens (tertiary/aromatic N) is 3. The van der Waals surface area contributed by atoms with Crippen LogP contribution in [0, 0.1) is 13.8 Å². The fourth-order valence-corrected chi connectivity index (χ4v) is 2.90. The van der Waals surface area contributed by atoms with Gasteiger partial charge in [-0.25, -0.2) is 15.0 Å². The molecule has 150 valence electrons. The van der Waals surface area contributed by atoms with Gasteiger partial charge in [0.15, 0.2) is 0 Å². The van der Waals surface area contributed by atoms with Gasteiger partial charge in [-0.2, -0.15) is 0 Å². The first-order valence-corrected chi connectivity index (χ1v) is 9.32. The molecule has 8 nitrogen and oxygen atoms in total. The molecule has 3 aromatic heterocycles. The second-order valence-corrected chi connectivity index (χ2v) is 6.61. The molecule has 0 fully saturated rings. The van der Waals surface area contributed by atoms with E-state index in [2.05, 4.69) is 30.9 Å². The highest BCUT2D eigenvalue weighted by Crippen LogP contribution is 2.21. The summed E-state index contributed by atoms with van der Waals surface area (Å²) in [6, 6.07) is 16.5. The minimum atomic E-state index is -0.203. The lowest BCUT2D eigenvalue weighted by atomic mass is 10.2. The van der Waals surface area contributed by atoms with E-state index in [0.29, 0.717) is 40.2 Å². The first kappa shape index (κ1) is 19.1. The molecule has 0 aliphatic carbocycles. The summed E-state index contributed by atoms with van der Waals surface area (Å²) in [6.07, 6.45) is 3.18. The summed E-state index contributed by atoms with van der Waals surface area (Å²) in [4.78, 5) is 25.1. The van der Waals surface area contributed by atoms with Crippen molar-refractivity contribution in [2.75, 3.05) is 16.0 Å². The van der Waals surface area contributed by atoms with Crippen molar-refractivity contribution < 1.29 is 9.21 Å². The number of hydrogen-bond donors (Lipinski definition) is 3. The van der Waals surface area contributed by atoms with Crippen LogP contribution in [-0.2, 0) is 0 Å². The third kappa shape index (κ3) is 4.61. The topological polar surface area (TPSA) is 105 Å². The van der Waals surface area contributed by atoms with E-state index in [9.17, 15) is 4.79 Å². The number of amides is 1. The highest BCUT2D eigenvalue weighted by molar-refractivity contribution is 6.05. The second-order valence-electron chi connectivity index (χ2n) is 6.61. The van der Waals surface area contributed by atoms with Gasteiger partial charge in [0.2, 0.25) is 0 Å². The lowest BCUT2D eigenvalue weighted by Gasteiger charge is -2.09. The molecule has 8 heteroatoms. The van der Waals surface area contributed by atoms with Gasteiger partial charge in [0, 0.05) is 23.6 Å². The summed E-state index contributed by atoms with van der Waals surface area (Å²) in [7, 11) is 0. The second kappa shape index (κ2) is 8.44. The minimum absolute atomic E-state index is 0.203. The quantitative estimate of drug-likeness (QED) is 0.426. The van der Waals surface area contributed by atoms with Crippen LogP contribution in [0.15, 0.2) is 71.5 Å². The van der Waals surface area contributed by atoms with Gasteiger partial charge in [-0.1, -0.05) is 6.07 Å². The average molecular weight is 400 g/mol. The number of aryl methyl sites for hydroxylation is 2. The van der Waals surface area contributed by atoms with E-state index in [1.54, 1.807) is 25.3 Å². The van der Waals surface area contributed by atoms with Gasteiger partial charge in [-0.15, -0.1) is 0 Å². The molecule has 4 aromatic rings. The lowest BCUT2D eigenvalue weighted by Crippen LogP contribution is -2.12. The molecule has 0 saturated carbocycles. The van der Waals surface area contributed by atoms with Gasteiger partial charge in [-0.05, 0) is 56.3 Å². The van der Waals surface area contributed by atoms with Crippen molar-refractivity contribution >= 4 is 34.7 Å². The molecule has 1 amide bonds. The molecule has 4 rings (SSSR count). The van der Waals surface area contributed by atoms with Gasteiger partial charge in [0.25, 0.3) is 5.91 Å². The number of benzene rings is 1. The van der Waals surface area contributed by atoms with Gasteiger partial charge < -0.3 is 20.4 Å². The maximum atomic E-state index is 12.4. The molecule has 3 N–H and O–H groups in total. The Bertz CT molecular complexity index is 1160. The van der Waals surface area contributed by atoms with Crippen LogP contribution in [0.1, 0.15) is 21.9 Å². The van der Waals surface area contributed by atoms with Crippen LogP contribution in [0.25, 0.3) is 0 Å². The van der Waals surface area contributed by atoms with E-state index in [0.717, 1.165) is 5.69 Å². The van der Waals surface area contributed by atoms with E-state index in [1.807, 2.05) is 49.4 Å². The highest BCUT2D eigenvalue weighted by Gasteiger charge is 2.13. The largest absolute Gasteiger partial charge is 0.466 e. The Morgan fingerprint density at radius 2 is 1.57 bits per heavy atom. The van der Waals surface area contributed by atoms with Gasteiger partial charge in [-0.3, -0.25) is 4.79 Å². The molecule has 30 heavy (non-hydrogen) atoms. The van der Waals surface area contributed by atoms with E-state index < -0.39 is 0 Å². The fourth-order valence-electron chi connectivity index (χ4n) is 2.90. The Morgan fingerprint density at radius 1 is 0.833 bits per heavy atom. The zero-order valence-corrected chi connectivity index (χ0v) is 16.5. The maximum Gasteiger partial charge on any atom is 0.259 e. The number of anilines is 5. The number of pyridine rings is 1. The van der Waals surface area contributed by atoms with Crippen molar-refractivity contribution in [3.63, 3.8) is 0 Å². The van der Waals surface area contributed by atoms with E-state index >= 15 is 0 Å². The van der Waals surface area contributed by atoms with Gasteiger partial charge >= 0.3 is 0 Å². The Hall–Kier alpha value is -4.20. The minimum Gasteiger partial charge on any atom is -0.466 e. The van der Waals surface area contributed by atoms with Crippen LogP contribution in [0.3, 0.4) is 0 Å². The van der Waals surface area contributed by atoms with Crippen LogP contribution in [0.2, 0.25) is 0 Å². The third-order valence-corrected chi connectivity index (χ3v) is 4.29. The molecule has 0 saturated heterocycles. The normalized spacial score (nSPS) is 10.5. The maximum absolute atomic E-state index is 12.4. The predicted molar refractivity (Wildman–Crippen MR) is 115 cm³/mol. The summed E-state index contributed by atoms with van der Waals surface area (Å²) < 4.78 is 5.41. The standard InChI is InChI=1S/C22H20N6O2/c1-14-11-18(15(2)30-14)22(29)27-17-8-6-16(7-9-17)26-20-12-21(25-13-24-20)28-19-5-3-4-10-23-19/h3-13H,1-2H3,(H,27,29)(H2,23,24,25,26,28). The van der Waals surface area contributed by atoms with E-state index in [4.69, 9.17) is 4.42 Å². The summed E-state index contributed by atoms with van der Waals surface area (Å²) in [5.74, 6) is 3.06. The first-order chi connectivity index (χ1) is 14.6. The van der Waals surface area contributed by atoms with Crippen LogP contribution >= 0.6 is 0 Å². The molecule has 1 aromatic carbocycles. The monoisotopic (exact) mass is 400 g/mol. The summed E-state index contributed by atoms with van der Waals surface area (Å²) >= 11 is 0. The van der Waals surface area contributed by atoms with Crippen molar-refractivity contribution in [2.45, 2.75) is 13.8 Å². The first-order valence-electron chi connectivity index (χ1n) is 9.32. The molecule has 0 unspecified atom stereocenters. The van der Waals surface area contributed by atoms with Crippen molar-refractivity contribution in [2.24, 2.45) is 0 Å². The van der Waals surface area contributed by atoms with Crippen LogP contribution in [0.4, 0.5) is 28.8 Å². The lowest BCUT2D eigenvalue weighted by molar-refractivity contribution is 0.102. The highest BCUT2D eigenvalue weighted by atomic mass is 16.3. The van der Waals surface area contributed by atoms with Crippen molar-refractivity contribution in [3.8, 4) is 0 Å².